The molecular weight excluding hydrogens is 356 g/mol. The van der Waals surface area contributed by atoms with Crippen molar-refractivity contribution in [3.05, 3.63) is 65.2 Å². The smallest absolute Gasteiger partial charge is 0.169 e. The summed E-state index contributed by atoms with van der Waals surface area (Å²) in [7, 11) is 1.67. The van der Waals surface area contributed by atoms with E-state index >= 15 is 0 Å². The van der Waals surface area contributed by atoms with E-state index in [1.165, 1.54) is 11.1 Å². The van der Waals surface area contributed by atoms with Crippen molar-refractivity contribution >= 4 is 17.3 Å². The van der Waals surface area contributed by atoms with E-state index in [1.54, 1.807) is 7.11 Å². The Kier molecular flexibility index (Phi) is 6.64. The summed E-state index contributed by atoms with van der Waals surface area (Å²) in [6.07, 6.45) is 0. The van der Waals surface area contributed by atoms with Gasteiger partial charge in [-0.3, -0.25) is 4.90 Å². The van der Waals surface area contributed by atoms with Crippen LogP contribution in [-0.2, 0) is 13.1 Å². The van der Waals surface area contributed by atoms with Crippen molar-refractivity contribution in [2.75, 3.05) is 33.3 Å². The van der Waals surface area contributed by atoms with Crippen molar-refractivity contribution in [2.45, 2.75) is 13.1 Å². The Labute approximate surface area is 166 Å². The standard InChI is InChI=1S/C21H24N4OS/c1-26-20-8-6-18(7-9-20)15-23-21(27)25-12-10-24(11-13-25)16-19-4-2-17(14-22)3-5-19/h2-9H,10-13,15-16H2,1H3,(H,23,27). The molecule has 0 saturated carbocycles. The van der Waals surface area contributed by atoms with Crippen LogP contribution in [0.5, 0.6) is 5.75 Å². The summed E-state index contributed by atoms with van der Waals surface area (Å²) in [5.41, 5.74) is 3.12. The SMILES string of the molecule is COc1ccc(CNC(=S)N2CCN(Cc3ccc(C#N)cc3)CC2)cc1. The number of benzene rings is 2. The molecule has 0 aromatic heterocycles. The quantitative estimate of drug-likeness (QED) is 0.805. The summed E-state index contributed by atoms with van der Waals surface area (Å²) < 4.78 is 5.18. The lowest BCUT2D eigenvalue weighted by Gasteiger charge is -2.36. The maximum absolute atomic E-state index is 8.88. The largest absolute Gasteiger partial charge is 0.497 e. The highest BCUT2D eigenvalue weighted by molar-refractivity contribution is 7.80. The molecule has 0 radical (unpaired) electrons. The summed E-state index contributed by atoms with van der Waals surface area (Å²) >= 11 is 5.56. The topological polar surface area (TPSA) is 51.5 Å². The van der Waals surface area contributed by atoms with Gasteiger partial charge in [-0.15, -0.1) is 0 Å². The second-order valence-electron chi connectivity index (χ2n) is 6.58. The number of nitrogens with one attached hydrogen (secondary N) is 1. The summed E-state index contributed by atoms with van der Waals surface area (Å²) in [5, 5.41) is 13.0. The van der Waals surface area contributed by atoms with E-state index in [1.807, 2.05) is 48.5 Å². The van der Waals surface area contributed by atoms with Gasteiger partial charge < -0.3 is 15.0 Å². The molecule has 0 bridgehead atoms. The van der Waals surface area contributed by atoms with Crippen LogP contribution in [0.2, 0.25) is 0 Å². The highest BCUT2D eigenvalue weighted by Gasteiger charge is 2.18. The fourth-order valence-corrected chi connectivity index (χ4v) is 3.34. The van der Waals surface area contributed by atoms with E-state index in [4.69, 9.17) is 22.2 Å². The predicted octanol–water partition coefficient (Wildman–Crippen LogP) is 2.76. The van der Waals surface area contributed by atoms with Crippen LogP contribution in [0.15, 0.2) is 48.5 Å². The number of methoxy groups -OCH3 is 1. The van der Waals surface area contributed by atoms with Crippen molar-refractivity contribution < 1.29 is 4.74 Å². The molecule has 0 amide bonds. The van der Waals surface area contributed by atoms with Crippen molar-refractivity contribution in [1.82, 2.24) is 15.1 Å². The fraction of sp³-hybridized carbons (Fsp3) is 0.333. The number of thiocarbonyl (C=S) groups is 1. The monoisotopic (exact) mass is 380 g/mol. The molecule has 0 spiro atoms. The zero-order chi connectivity index (χ0) is 19.1. The molecule has 5 nitrogen and oxygen atoms in total. The average Bonchev–Trinajstić information content (AvgIpc) is 2.73. The third-order valence-corrected chi connectivity index (χ3v) is 5.15. The first-order valence-corrected chi connectivity index (χ1v) is 9.46. The zero-order valence-electron chi connectivity index (χ0n) is 15.5. The Hall–Kier alpha value is -2.62. The van der Waals surface area contributed by atoms with Crippen LogP contribution in [0.25, 0.3) is 0 Å². The Morgan fingerprint density at radius 2 is 1.67 bits per heavy atom. The molecule has 0 aliphatic carbocycles. The van der Waals surface area contributed by atoms with Crippen LogP contribution in [0.1, 0.15) is 16.7 Å². The third-order valence-electron chi connectivity index (χ3n) is 4.75. The molecule has 1 aliphatic rings. The van der Waals surface area contributed by atoms with Gasteiger partial charge in [-0.25, -0.2) is 0 Å². The van der Waals surface area contributed by atoms with Gasteiger partial charge in [-0.05, 0) is 47.6 Å². The molecule has 27 heavy (non-hydrogen) atoms. The van der Waals surface area contributed by atoms with Gasteiger partial charge >= 0.3 is 0 Å². The molecule has 1 heterocycles. The summed E-state index contributed by atoms with van der Waals surface area (Å²) in [5.74, 6) is 0.861. The maximum Gasteiger partial charge on any atom is 0.169 e. The summed E-state index contributed by atoms with van der Waals surface area (Å²) in [6.45, 7) is 5.42. The molecule has 1 N–H and O–H groups in total. The highest BCUT2D eigenvalue weighted by Crippen LogP contribution is 2.12. The van der Waals surface area contributed by atoms with E-state index in [9.17, 15) is 0 Å². The minimum absolute atomic E-state index is 0.705. The first-order valence-electron chi connectivity index (χ1n) is 9.05. The number of nitrogens with zero attached hydrogens (tertiary/aromatic N) is 3. The van der Waals surface area contributed by atoms with Crippen molar-refractivity contribution in [3.63, 3.8) is 0 Å². The first-order chi connectivity index (χ1) is 13.2. The summed E-state index contributed by atoms with van der Waals surface area (Å²) in [6, 6.07) is 18.0. The Morgan fingerprint density at radius 1 is 1.04 bits per heavy atom. The van der Waals surface area contributed by atoms with Gasteiger partial charge in [0.05, 0.1) is 18.7 Å². The number of piperazine rings is 1. The fourth-order valence-electron chi connectivity index (χ4n) is 3.08. The van der Waals surface area contributed by atoms with E-state index in [0.29, 0.717) is 12.1 Å². The number of nitriles is 1. The maximum atomic E-state index is 8.88. The van der Waals surface area contributed by atoms with Crippen molar-refractivity contribution in [1.29, 1.82) is 5.26 Å². The average molecular weight is 381 g/mol. The molecule has 2 aromatic carbocycles. The highest BCUT2D eigenvalue weighted by atomic mass is 32.1. The Balaban J connectivity index is 1.42. The minimum atomic E-state index is 0.705. The van der Waals surface area contributed by atoms with E-state index < -0.39 is 0 Å². The normalized spacial score (nSPS) is 14.4. The van der Waals surface area contributed by atoms with Gasteiger partial charge in [0, 0.05) is 39.3 Å². The molecule has 1 saturated heterocycles. The van der Waals surface area contributed by atoms with Crippen LogP contribution in [0.4, 0.5) is 0 Å². The van der Waals surface area contributed by atoms with Gasteiger partial charge in [-0.1, -0.05) is 24.3 Å². The van der Waals surface area contributed by atoms with Gasteiger partial charge in [0.1, 0.15) is 5.75 Å². The Morgan fingerprint density at radius 3 is 2.26 bits per heavy atom. The number of hydrogen-bond donors (Lipinski definition) is 1. The first kappa shape index (κ1) is 19.2. The van der Waals surface area contributed by atoms with Crippen LogP contribution >= 0.6 is 12.2 Å². The van der Waals surface area contributed by atoms with Gasteiger partial charge in [-0.2, -0.15) is 5.26 Å². The van der Waals surface area contributed by atoms with Gasteiger partial charge in [0.25, 0.3) is 0 Å². The van der Waals surface area contributed by atoms with Crippen molar-refractivity contribution in [3.8, 4) is 11.8 Å². The molecule has 140 valence electrons. The second kappa shape index (κ2) is 9.36. The summed E-state index contributed by atoms with van der Waals surface area (Å²) in [4.78, 5) is 4.65. The lowest BCUT2D eigenvalue weighted by atomic mass is 10.1. The van der Waals surface area contributed by atoms with E-state index in [2.05, 4.69) is 21.2 Å². The van der Waals surface area contributed by atoms with Crippen LogP contribution in [-0.4, -0.2) is 48.2 Å². The molecular formula is C21H24N4OS. The number of rotatable bonds is 5. The zero-order valence-corrected chi connectivity index (χ0v) is 16.3. The molecule has 3 rings (SSSR count). The minimum Gasteiger partial charge on any atom is -0.497 e. The van der Waals surface area contributed by atoms with Crippen molar-refractivity contribution in [2.24, 2.45) is 0 Å². The van der Waals surface area contributed by atoms with Gasteiger partial charge in [0.15, 0.2) is 5.11 Å². The molecule has 1 fully saturated rings. The molecule has 0 unspecified atom stereocenters. The molecule has 0 atom stereocenters. The lowest BCUT2D eigenvalue weighted by molar-refractivity contribution is 0.174. The van der Waals surface area contributed by atoms with E-state index in [0.717, 1.165) is 43.6 Å². The molecule has 6 heteroatoms. The molecule has 2 aromatic rings. The predicted molar refractivity (Wildman–Crippen MR) is 110 cm³/mol. The Bertz CT molecular complexity index is 790. The molecule has 1 aliphatic heterocycles. The van der Waals surface area contributed by atoms with Crippen LogP contribution < -0.4 is 10.1 Å². The number of ether oxygens (including phenoxy) is 1. The van der Waals surface area contributed by atoms with Crippen LogP contribution in [0, 0.1) is 11.3 Å². The van der Waals surface area contributed by atoms with Crippen LogP contribution in [0.3, 0.4) is 0 Å². The number of hydrogen-bond acceptors (Lipinski definition) is 4. The third kappa shape index (κ3) is 5.43. The van der Waals surface area contributed by atoms with Gasteiger partial charge in [0.2, 0.25) is 0 Å². The second-order valence-corrected chi connectivity index (χ2v) is 6.97. The van der Waals surface area contributed by atoms with E-state index in [-0.39, 0.29) is 0 Å². The lowest BCUT2D eigenvalue weighted by Crippen LogP contribution is -2.51.